The Kier molecular flexibility index (Phi) is 7.06. The molecule has 0 heterocycles. The number of nitrogens with one attached hydrogen (secondary N) is 2. The Morgan fingerprint density at radius 3 is 2.50 bits per heavy atom. The molecule has 3 rings (SSSR count). The predicted octanol–water partition coefficient (Wildman–Crippen LogP) is 2.94. The van der Waals surface area contributed by atoms with Crippen molar-refractivity contribution in [1.82, 2.24) is 10.6 Å². The maximum absolute atomic E-state index is 12.0. The molecule has 148 valence electrons. The van der Waals surface area contributed by atoms with E-state index >= 15 is 0 Å². The van der Waals surface area contributed by atoms with Crippen LogP contribution in [0.4, 0.5) is 0 Å². The van der Waals surface area contributed by atoms with Crippen LogP contribution in [0.15, 0.2) is 48.5 Å². The Labute approximate surface area is 166 Å². The van der Waals surface area contributed by atoms with E-state index in [2.05, 4.69) is 35.8 Å². The van der Waals surface area contributed by atoms with Crippen molar-refractivity contribution in [1.29, 1.82) is 0 Å². The highest BCUT2D eigenvalue weighted by Gasteiger charge is 2.23. The zero-order valence-corrected chi connectivity index (χ0v) is 16.4. The van der Waals surface area contributed by atoms with E-state index < -0.39 is 0 Å². The first-order chi connectivity index (χ1) is 13.6. The molecule has 0 saturated heterocycles. The summed E-state index contributed by atoms with van der Waals surface area (Å²) in [7, 11) is 0. The first-order valence-electron chi connectivity index (χ1n) is 9.92. The van der Waals surface area contributed by atoms with Gasteiger partial charge in [-0.25, -0.2) is 0 Å². The summed E-state index contributed by atoms with van der Waals surface area (Å²) in [5.74, 6) is 0.681. The van der Waals surface area contributed by atoms with Crippen LogP contribution in [-0.2, 0) is 22.4 Å². The largest absolute Gasteiger partial charge is 0.484 e. The normalized spacial score (nSPS) is 13.0. The molecular formula is C23H28N2O3. The number of hydrogen-bond acceptors (Lipinski definition) is 3. The lowest BCUT2D eigenvalue weighted by Crippen LogP contribution is -2.30. The molecule has 1 fully saturated rings. The standard InChI is InChI=1S/C23H28N2O3/c1-17-3-2-4-19(15-17)7-12-22(26)24-14-13-18-5-10-21(11-6-18)28-16-23(27)25-20-8-9-20/h2-6,10-11,15,20H,7-9,12-14,16H2,1H3,(H,24,26)(H,25,27). The van der Waals surface area contributed by atoms with Gasteiger partial charge in [0.2, 0.25) is 5.91 Å². The van der Waals surface area contributed by atoms with Crippen LogP contribution in [0.25, 0.3) is 0 Å². The van der Waals surface area contributed by atoms with Gasteiger partial charge in [-0.3, -0.25) is 9.59 Å². The topological polar surface area (TPSA) is 67.4 Å². The fourth-order valence-electron chi connectivity index (χ4n) is 2.96. The summed E-state index contributed by atoms with van der Waals surface area (Å²) >= 11 is 0. The van der Waals surface area contributed by atoms with Gasteiger partial charge in [0.05, 0.1) is 0 Å². The van der Waals surface area contributed by atoms with Crippen molar-refractivity contribution < 1.29 is 14.3 Å². The van der Waals surface area contributed by atoms with Gasteiger partial charge < -0.3 is 15.4 Å². The number of aryl methyl sites for hydroxylation is 2. The number of amides is 2. The van der Waals surface area contributed by atoms with Gasteiger partial charge in [-0.1, -0.05) is 42.0 Å². The highest BCUT2D eigenvalue weighted by Crippen LogP contribution is 2.18. The quantitative estimate of drug-likeness (QED) is 0.666. The Morgan fingerprint density at radius 2 is 1.79 bits per heavy atom. The van der Waals surface area contributed by atoms with Gasteiger partial charge in [0.1, 0.15) is 5.75 Å². The second-order valence-electron chi connectivity index (χ2n) is 7.36. The molecule has 0 radical (unpaired) electrons. The minimum absolute atomic E-state index is 0.0485. The van der Waals surface area contributed by atoms with Gasteiger partial charge >= 0.3 is 0 Å². The minimum atomic E-state index is -0.0695. The molecule has 28 heavy (non-hydrogen) atoms. The van der Waals surface area contributed by atoms with E-state index in [1.165, 1.54) is 11.1 Å². The molecule has 2 aromatic rings. The Morgan fingerprint density at radius 1 is 1.00 bits per heavy atom. The highest BCUT2D eigenvalue weighted by molar-refractivity contribution is 5.78. The lowest BCUT2D eigenvalue weighted by atomic mass is 10.1. The molecule has 0 bridgehead atoms. The molecule has 1 saturated carbocycles. The zero-order valence-electron chi connectivity index (χ0n) is 16.4. The number of ether oxygens (including phenoxy) is 1. The third-order valence-electron chi connectivity index (χ3n) is 4.69. The summed E-state index contributed by atoms with van der Waals surface area (Å²) in [6, 6.07) is 16.3. The first-order valence-corrected chi connectivity index (χ1v) is 9.92. The van der Waals surface area contributed by atoms with Crippen molar-refractivity contribution in [3.8, 4) is 5.75 Å². The number of carbonyl (C=O) groups excluding carboxylic acids is 2. The Balaban J connectivity index is 1.31. The third kappa shape index (κ3) is 7.06. The summed E-state index contributed by atoms with van der Waals surface area (Å²) in [6.07, 6.45) is 4.16. The fraction of sp³-hybridized carbons (Fsp3) is 0.391. The first kappa shape index (κ1) is 19.9. The van der Waals surface area contributed by atoms with Gasteiger partial charge in [-0.05, 0) is 55.9 Å². The van der Waals surface area contributed by atoms with Crippen LogP contribution in [0, 0.1) is 6.92 Å². The monoisotopic (exact) mass is 380 g/mol. The summed E-state index contributed by atoms with van der Waals surface area (Å²) in [6.45, 7) is 2.71. The lowest BCUT2D eigenvalue weighted by molar-refractivity contribution is -0.123. The van der Waals surface area contributed by atoms with E-state index in [0.717, 1.165) is 31.2 Å². The van der Waals surface area contributed by atoms with Crippen LogP contribution in [0.1, 0.15) is 36.0 Å². The molecule has 2 amide bonds. The zero-order chi connectivity index (χ0) is 19.8. The van der Waals surface area contributed by atoms with E-state index in [0.29, 0.717) is 24.8 Å². The van der Waals surface area contributed by atoms with Gasteiger partial charge in [-0.15, -0.1) is 0 Å². The highest BCUT2D eigenvalue weighted by atomic mass is 16.5. The molecule has 5 heteroatoms. The second kappa shape index (κ2) is 9.93. The molecule has 0 unspecified atom stereocenters. The van der Waals surface area contributed by atoms with E-state index in [9.17, 15) is 9.59 Å². The number of rotatable bonds is 10. The predicted molar refractivity (Wildman–Crippen MR) is 109 cm³/mol. The summed E-state index contributed by atoms with van der Waals surface area (Å²) in [5.41, 5.74) is 3.53. The average molecular weight is 380 g/mol. The fourth-order valence-corrected chi connectivity index (χ4v) is 2.96. The molecule has 5 nitrogen and oxygen atoms in total. The molecule has 1 aliphatic carbocycles. The molecule has 2 N–H and O–H groups in total. The smallest absolute Gasteiger partial charge is 0.258 e. The van der Waals surface area contributed by atoms with Crippen LogP contribution in [0.5, 0.6) is 5.75 Å². The maximum Gasteiger partial charge on any atom is 0.258 e. The average Bonchev–Trinajstić information content (AvgIpc) is 3.50. The SMILES string of the molecule is Cc1cccc(CCC(=O)NCCc2ccc(OCC(=O)NC3CC3)cc2)c1. The minimum Gasteiger partial charge on any atom is -0.484 e. The molecule has 0 aromatic heterocycles. The van der Waals surface area contributed by atoms with Crippen LogP contribution < -0.4 is 15.4 Å². The molecule has 0 spiro atoms. The molecule has 0 atom stereocenters. The van der Waals surface area contributed by atoms with Gasteiger partial charge in [0.25, 0.3) is 5.91 Å². The van der Waals surface area contributed by atoms with Crippen LogP contribution in [0.2, 0.25) is 0 Å². The third-order valence-corrected chi connectivity index (χ3v) is 4.69. The number of benzene rings is 2. The van der Waals surface area contributed by atoms with E-state index in [1.807, 2.05) is 30.3 Å². The lowest BCUT2D eigenvalue weighted by Gasteiger charge is -2.08. The van der Waals surface area contributed by atoms with Gasteiger partial charge in [-0.2, -0.15) is 0 Å². The van der Waals surface area contributed by atoms with E-state index in [1.54, 1.807) is 0 Å². The Hall–Kier alpha value is -2.82. The van der Waals surface area contributed by atoms with Crippen molar-refractivity contribution in [2.75, 3.05) is 13.2 Å². The van der Waals surface area contributed by atoms with Crippen molar-refractivity contribution >= 4 is 11.8 Å². The Bertz CT molecular complexity index is 798. The number of carbonyl (C=O) groups is 2. The van der Waals surface area contributed by atoms with Crippen LogP contribution in [0.3, 0.4) is 0 Å². The second-order valence-corrected chi connectivity index (χ2v) is 7.36. The van der Waals surface area contributed by atoms with Crippen molar-refractivity contribution in [2.24, 2.45) is 0 Å². The van der Waals surface area contributed by atoms with Crippen LogP contribution in [-0.4, -0.2) is 31.0 Å². The van der Waals surface area contributed by atoms with Crippen molar-refractivity contribution in [2.45, 2.75) is 45.1 Å². The summed E-state index contributed by atoms with van der Waals surface area (Å²) in [4.78, 5) is 23.6. The van der Waals surface area contributed by atoms with Crippen LogP contribution >= 0.6 is 0 Å². The van der Waals surface area contributed by atoms with E-state index in [4.69, 9.17) is 4.74 Å². The molecule has 0 aliphatic heterocycles. The van der Waals surface area contributed by atoms with Gasteiger partial charge in [0.15, 0.2) is 6.61 Å². The molecule has 2 aromatic carbocycles. The molecule has 1 aliphatic rings. The summed E-state index contributed by atoms with van der Waals surface area (Å²) < 4.78 is 5.49. The maximum atomic E-state index is 12.0. The van der Waals surface area contributed by atoms with E-state index in [-0.39, 0.29) is 18.4 Å². The summed E-state index contributed by atoms with van der Waals surface area (Å²) in [5, 5.41) is 5.86. The molecular weight excluding hydrogens is 352 g/mol. The van der Waals surface area contributed by atoms with Gasteiger partial charge in [0, 0.05) is 19.0 Å². The number of hydrogen-bond donors (Lipinski definition) is 2. The van der Waals surface area contributed by atoms with Crippen molar-refractivity contribution in [3.63, 3.8) is 0 Å². The van der Waals surface area contributed by atoms with Crippen molar-refractivity contribution in [3.05, 3.63) is 65.2 Å².